The van der Waals surface area contributed by atoms with E-state index in [1.54, 1.807) is 0 Å². The van der Waals surface area contributed by atoms with Crippen molar-refractivity contribution < 1.29 is 4.74 Å². The van der Waals surface area contributed by atoms with Crippen molar-refractivity contribution in [3.05, 3.63) is 54.1 Å². The highest BCUT2D eigenvalue weighted by Crippen LogP contribution is 2.23. The fraction of sp³-hybridized carbons (Fsp3) is 0.200. The van der Waals surface area contributed by atoms with Gasteiger partial charge in [-0.25, -0.2) is 0 Å². The zero-order valence-corrected chi connectivity index (χ0v) is 10.6. The minimum Gasteiger partial charge on any atom is -0.494 e. The Balaban J connectivity index is 2.26. The molecule has 0 atom stereocenters. The monoisotopic (exact) mass is 246 g/mol. The van der Waals surface area contributed by atoms with Gasteiger partial charge in [-0.3, -0.25) is 0 Å². The first kappa shape index (κ1) is 12.0. The van der Waals surface area contributed by atoms with Crippen LogP contribution in [0.15, 0.2) is 48.5 Å². The molecule has 2 rings (SSSR count). The summed E-state index contributed by atoms with van der Waals surface area (Å²) in [7, 11) is 0. The van der Waals surface area contributed by atoms with Gasteiger partial charge in [0.15, 0.2) is 0 Å². The first-order chi connectivity index (χ1) is 8.33. The SMILES string of the molecule is CCOc1ccc(-c2cccc(CCl)c2)cc1. The van der Waals surface area contributed by atoms with Crippen LogP contribution in [0.25, 0.3) is 11.1 Å². The van der Waals surface area contributed by atoms with Crippen molar-refractivity contribution in [1.29, 1.82) is 0 Å². The third-order valence-corrected chi connectivity index (χ3v) is 2.89. The lowest BCUT2D eigenvalue weighted by Crippen LogP contribution is -1.90. The first-order valence-corrected chi connectivity index (χ1v) is 6.25. The van der Waals surface area contributed by atoms with Crippen LogP contribution in [0.1, 0.15) is 12.5 Å². The number of benzene rings is 2. The molecule has 2 aromatic rings. The van der Waals surface area contributed by atoms with E-state index in [1.807, 2.05) is 31.2 Å². The molecule has 0 saturated carbocycles. The fourth-order valence-electron chi connectivity index (χ4n) is 1.74. The van der Waals surface area contributed by atoms with E-state index in [4.69, 9.17) is 16.3 Å². The average Bonchev–Trinajstić information content (AvgIpc) is 2.40. The molecule has 0 bridgehead atoms. The maximum atomic E-state index is 5.83. The molecule has 0 aromatic heterocycles. The minimum atomic E-state index is 0.546. The van der Waals surface area contributed by atoms with Crippen LogP contribution in [0, 0.1) is 0 Å². The molecule has 0 N–H and O–H groups in total. The summed E-state index contributed by atoms with van der Waals surface area (Å²) in [6, 6.07) is 16.4. The molecule has 0 aliphatic rings. The number of hydrogen-bond donors (Lipinski definition) is 0. The second kappa shape index (κ2) is 5.74. The molecule has 0 spiro atoms. The Bertz CT molecular complexity index is 477. The predicted octanol–water partition coefficient (Wildman–Crippen LogP) is 4.49. The molecular weight excluding hydrogens is 232 g/mol. The molecule has 2 heteroatoms. The van der Waals surface area contributed by atoms with Gasteiger partial charge in [0.1, 0.15) is 5.75 Å². The van der Waals surface area contributed by atoms with Crippen LogP contribution in [-0.4, -0.2) is 6.61 Å². The third kappa shape index (κ3) is 3.01. The number of rotatable bonds is 4. The first-order valence-electron chi connectivity index (χ1n) is 5.71. The summed E-state index contributed by atoms with van der Waals surface area (Å²) in [6.07, 6.45) is 0. The van der Waals surface area contributed by atoms with Crippen LogP contribution < -0.4 is 4.74 Å². The van der Waals surface area contributed by atoms with Crippen molar-refractivity contribution in [3.8, 4) is 16.9 Å². The van der Waals surface area contributed by atoms with Crippen LogP contribution in [0.3, 0.4) is 0 Å². The van der Waals surface area contributed by atoms with Crippen LogP contribution >= 0.6 is 11.6 Å². The topological polar surface area (TPSA) is 9.23 Å². The summed E-state index contributed by atoms with van der Waals surface area (Å²) >= 11 is 5.83. The second-order valence-electron chi connectivity index (χ2n) is 3.79. The normalized spacial score (nSPS) is 10.2. The van der Waals surface area contributed by atoms with Crippen LogP contribution in [0.5, 0.6) is 5.75 Å². The molecule has 17 heavy (non-hydrogen) atoms. The van der Waals surface area contributed by atoms with Crippen molar-refractivity contribution in [3.63, 3.8) is 0 Å². The van der Waals surface area contributed by atoms with E-state index < -0.39 is 0 Å². The summed E-state index contributed by atoms with van der Waals surface area (Å²) in [6.45, 7) is 2.68. The van der Waals surface area contributed by atoms with Crippen molar-refractivity contribution in [1.82, 2.24) is 0 Å². The van der Waals surface area contributed by atoms with E-state index in [0.29, 0.717) is 12.5 Å². The highest BCUT2D eigenvalue weighted by Gasteiger charge is 1.99. The van der Waals surface area contributed by atoms with E-state index in [-0.39, 0.29) is 0 Å². The van der Waals surface area contributed by atoms with Crippen molar-refractivity contribution in [2.75, 3.05) is 6.61 Å². The van der Waals surface area contributed by atoms with Gasteiger partial charge in [-0.1, -0.05) is 30.3 Å². The standard InChI is InChI=1S/C15H15ClO/c1-2-17-15-8-6-13(7-9-15)14-5-3-4-12(10-14)11-16/h3-10H,2,11H2,1H3. The third-order valence-electron chi connectivity index (χ3n) is 2.58. The molecule has 2 aromatic carbocycles. The summed E-state index contributed by atoms with van der Waals surface area (Å²) < 4.78 is 5.42. The van der Waals surface area contributed by atoms with Gasteiger partial charge in [0.05, 0.1) is 6.61 Å². The lowest BCUT2D eigenvalue weighted by atomic mass is 10.0. The van der Waals surface area contributed by atoms with Gasteiger partial charge in [-0.15, -0.1) is 11.6 Å². The fourth-order valence-corrected chi connectivity index (χ4v) is 1.91. The Morgan fingerprint density at radius 2 is 1.76 bits per heavy atom. The minimum absolute atomic E-state index is 0.546. The van der Waals surface area contributed by atoms with Crippen molar-refractivity contribution in [2.24, 2.45) is 0 Å². The quantitative estimate of drug-likeness (QED) is 0.723. The summed E-state index contributed by atoms with van der Waals surface area (Å²) in [5.41, 5.74) is 3.50. The summed E-state index contributed by atoms with van der Waals surface area (Å²) in [5, 5.41) is 0. The molecule has 0 fully saturated rings. The highest BCUT2D eigenvalue weighted by atomic mass is 35.5. The average molecular weight is 247 g/mol. The Morgan fingerprint density at radius 3 is 2.41 bits per heavy atom. The second-order valence-corrected chi connectivity index (χ2v) is 4.06. The molecule has 0 saturated heterocycles. The van der Waals surface area contributed by atoms with Gasteiger partial charge >= 0.3 is 0 Å². The lowest BCUT2D eigenvalue weighted by molar-refractivity contribution is 0.340. The number of ether oxygens (including phenoxy) is 1. The maximum Gasteiger partial charge on any atom is 0.119 e. The largest absolute Gasteiger partial charge is 0.494 e. The van der Waals surface area contributed by atoms with Gasteiger partial charge in [0, 0.05) is 5.88 Å². The summed E-state index contributed by atoms with van der Waals surface area (Å²) in [4.78, 5) is 0. The zero-order valence-electron chi connectivity index (χ0n) is 9.82. The smallest absolute Gasteiger partial charge is 0.119 e. The van der Waals surface area contributed by atoms with Crippen LogP contribution in [-0.2, 0) is 5.88 Å². The van der Waals surface area contributed by atoms with Gasteiger partial charge in [0.2, 0.25) is 0 Å². The van der Waals surface area contributed by atoms with Gasteiger partial charge < -0.3 is 4.74 Å². The van der Waals surface area contributed by atoms with Crippen molar-refractivity contribution in [2.45, 2.75) is 12.8 Å². The molecule has 0 unspecified atom stereocenters. The predicted molar refractivity (Wildman–Crippen MR) is 72.6 cm³/mol. The molecular formula is C15H15ClO. The Labute approximate surface area is 107 Å². The van der Waals surface area contributed by atoms with E-state index in [0.717, 1.165) is 11.3 Å². The van der Waals surface area contributed by atoms with E-state index in [1.165, 1.54) is 11.1 Å². The molecule has 0 amide bonds. The maximum absolute atomic E-state index is 5.83. The zero-order chi connectivity index (χ0) is 12.1. The van der Waals surface area contributed by atoms with Gasteiger partial charge in [0.25, 0.3) is 0 Å². The van der Waals surface area contributed by atoms with E-state index in [2.05, 4.69) is 24.3 Å². The van der Waals surface area contributed by atoms with E-state index in [9.17, 15) is 0 Å². The Morgan fingerprint density at radius 1 is 1.00 bits per heavy atom. The summed E-state index contributed by atoms with van der Waals surface area (Å²) in [5.74, 6) is 1.45. The highest BCUT2D eigenvalue weighted by molar-refractivity contribution is 6.17. The van der Waals surface area contributed by atoms with Gasteiger partial charge in [-0.2, -0.15) is 0 Å². The molecule has 0 heterocycles. The molecule has 1 nitrogen and oxygen atoms in total. The van der Waals surface area contributed by atoms with Crippen LogP contribution in [0.2, 0.25) is 0 Å². The molecule has 88 valence electrons. The van der Waals surface area contributed by atoms with Crippen molar-refractivity contribution >= 4 is 11.6 Å². The number of halogens is 1. The number of alkyl halides is 1. The van der Waals surface area contributed by atoms with Gasteiger partial charge in [-0.05, 0) is 41.8 Å². The molecule has 0 radical (unpaired) electrons. The van der Waals surface area contributed by atoms with E-state index >= 15 is 0 Å². The molecule has 0 aliphatic heterocycles. The number of hydrogen-bond acceptors (Lipinski definition) is 1. The Kier molecular flexibility index (Phi) is 4.05. The molecule has 0 aliphatic carbocycles. The Hall–Kier alpha value is -1.47. The lowest BCUT2D eigenvalue weighted by Gasteiger charge is -2.06. The van der Waals surface area contributed by atoms with Crippen LogP contribution in [0.4, 0.5) is 0 Å².